The number of carboxylic acid groups (broad SMARTS) is 2. The Morgan fingerprint density at radius 3 is 2.26 bits per heavy atom. The molecule has 8 nitrogen and oxygen atoms in total. The summed E-state index contributed by atoms with van der Waals surface area (Å²) in [5.41, 5.74) is -0.586. The van der Waals surface area contributed by atoms with Crippen molar-refractivity contribution in [2.75, 3.05) is 13.2 Å². The van der Waals surface area contributed by atoms with Crippen LogP contribution in [0.3, 0.4) is 0 Å². The minimum Gasteiger partial charge on any atom is -0.481 e. The van der Waals surface area contributed by atoms with E-state index < -0.39 is 36.0 Å². The number of carbonyl (C=O) groups is 3. The van der Waals surface area contributed by atoms with E-state index in [1.54, 1.807) is 13.8 Å². The zero-order chi connectivity index (χ0) is 15.1. The third-order valence-electron chi connectivity index (χ3n) is 2.19. The van der Waals surface area contributed by atoms with E-state index in [4.69, 9.17) is 14.9 Å². The number of hydrogen-bond donors (Lipinski definition) is 4. The summed E-state index contributed by atoms with van der Waals surface area (Å²) in [5, 5.41) is 21.8. The van der Waals surface area contributed by atoms with Crippen molar-refractivity contribution in [1.82, 2.24) is 10.6 Å². The molecule has 2 amide bonds. The zero-order valence-electron chi connectivity index (χ0n) is 11.2. The standard InChI is InChI=1S/C11H20N2O6/c1-4-19-11(2,3)6-12-10(18)13-7(9(16)17)5-8(14)15/h7H,4-6H2,1-3H3,(H,14,15)(H,16,17)(H2,12,13,18)/t7-/m1/s1. The minimum absolute atomic E-state index is 0.173. The van der Waals surface area contributed by atoms with E-state index in [0.29, 0.717) is 6.61 Å². The summed E-state index contributed by atoms with van der Waals surface area (Å²) < 4.78 is 5.34. The first-order valence-electron chi connectivity index (χ1n) is 5.81. The maximum Gasteiger partial charge on any atom is 0.326 e. The number of carbonyl (C=O) groups excluding carboxylic acids is 1. The fraction of sp³-hybridized carbons (Fsp3) is 0.727. The van der Waals surface area contributed by atoms with E-state index in [0.717, 1.165) is 0 Å². The zero-order valence-corrected chi connectivity index (χ0v) is 11.2. The molecule has 0 rings (SSSR count). The quantitative estimate of drug-likeness (QED) is 0.495. The van der Waals surface area contributed by atoms with Crippen LogP contribution in [0.25, 0.3) is 0 Å². The van der Waals surface area contributed by atoms with Crippen molar-refractivity contribution in [1.29, 1.82) is 0 Å². The second kappa shape index (κ2) is 7.57. The first-order valence-corrected chi connectivity index (χ1v) is 5.81. The van der Waals surface area contributed by atoms with Gasteiger partial charge in [-0.25, -0.2) is 9.59 Å². The first kappa shape index (κ1) is 17.2. The Morgan fingerprint density at radius 1 is 1.26 bits per heavy atom. The highest BCUT2D eigenvalue weighted by molar-refractivity contribution is 5.86. The van der Waals surface area contributed by atoms with Crippen LogP contribution in [0.5, 0.6) is 0 Å². The highest BCUT2D eigenvalue weighted by Crippen LogP contribution is 2.06. The van der Waals surface area contributed by atoms with Crippen LogP contribution in [-0.2, 0) is 14.3 Å². The average Bonchev–Trinajstić information content (AvgIpc) is 2.25. The molecule has 0 heterocycles. The van der Waals surface area contributed by atoms with Crippen molar-refractivity contribution in [3.8, 4) is 0 Å². The van der Waals surface area contributed by atoms with Crippen LogP contribution in [0, 0.1) is 0 Å². The monoisotopic (exact) mass is 276 g/mol. The summed E-state index contributed by atoms with van der Waals surface area (Å²) in [5.74, 6) is -2.70. The summed E-state index contributed by atoms with van der Waals surface area (Å²) in [6.45, 7) is 6.00. The van der Waals surface area contributed by atoms with Gasteiger partial charge >= 0.3 is 18.0 Å². The molecule has 0 fully saturated rings. The lowest BCUT2D eigenvalue weighted by atomic mass is 10.1. The van der Waals surface area contributed by atoms with Crippen LogP contribution in [-0.4, -0.2) is 53.0 Å². The highest BCUT2D eigenvalue weighted by atomic mass is 16.5. The van der Waals surface area contributed by atoms with Crippen LogP contribution >= 0.6 is 0 Å². The van der Waals surface area contributed by atoms with Crippen molar-refractivity contribution in [3.05, 3.63) is 0 Å². The van der Waals surface area contributed by atoms with Crippen LogP contribution < -0.4 is 10.6 Å². The summed E-state index contributed by atoms with van der Waals surface area (Å²) in [6.07, 6.45) is -0.683. The van der Waals surface area contributed by atoms with Gasteiger partial charge in [0.1, 0.15) is 6.04 Å². The van der Waals surface area contributed by atoms with E-state index in [1.165, 1.54) is 0 Å². The van der Waals surface area contributed by atoms with E-state index in [1.807, 2.05) is 6.92 Å². The molecule has 0 aromatic heterocycles. The van der Waals surface area contributed by atoms with E-state index >= 15 is 0 Å². The van der Waals surface area contributed by atoms with Gasteiger partial charge in [0.2, 0.25) is 0 Å². The molecule has 0 unspecified atom stereocenters. The second-order valence-electron chi connectivity index (χ2n) is 4.51. The number of urea groups is 1. The van der Waals surface area contributed by atoms with Crippen LogP contribution in [0.15, 0.2) is 0 Å². The average molecular weight is 276 g/mol. The lowest BCUT2D eigenvalue weighted by Gasteiger charge is -2.25. The van der Waals surface area contributed by atoms with Gasteiger partial charge in [0.25, 0.3) is 0 Å². The Labute approximate surface area is 111 Å². The fourth-order valence-corrected chi connectivity index (χ4v) is 1.32. The summed E-state index contributed by atoms with van der Waals surface area (Å²) >= 11 is 0. The first-order chi connectivity index (χ1) is 8.68. The molecule has 0 aliphatic carbocycles. The predicted octanol–water partition coefficient (Wildman–Crippen LogP) is 0.0286. The third-order valence-corrected chi connectivity index (χ3v) is 2.19. The van der Waals surface area contributed by atoms with Crippen LogP contribution in [0.2, 0.25) is 0 Å². The van der Waals surface area contributed by atoms with Gasteiger partial charge in [0.05, 0.1) is 12.0 Å². The van der Waals surface area contributed by atoms with E-state index in [9.17, 15) is 14.4 Å². The largest absolute Gasteiger partial charge is 0.481 e. The van der Waals surface area contributed by atoms with Crippen LogP contribution in [0.1, 0.15) is 27.2 Å². The van der Waals surface area contributed by atoms with Gasteiger partial charge in [-0.2, -0.15) is 0 Å². The van der Waals surface area contributed by atoms with E-state index in [2.05, 4.69) is 10.6 Å². The van der Waals surface area contributed by atoms with Crippen molar-refractivity contribution in [2.24, 2.45) is 0 Å². The topological polar surface area (TPSA) is 125 Å². The maximum absolute atomic E-state index is 11.5. The second-order valence-corrected chi connectivity index (χ2v) is 4.51. The SMILES string of the molecule is CCOC(C)(C)CNC(=O)N[C@H](CC(=O)O)C(=O)O. The lowest BCUT2D eigenvalue weighted by molar-refractivity contribution is -0.145. The Morgan fingerprint density at radius 2 is 1.84 bits per heavy atom. The Balaban J connectivity index is 4.27. The predicted molar refractivity (Wildman–Crippen MR) is 65.9 cm³/mol. The van der Waals surface area contributed by atoms with Crippen molar-refractivity contribution in [3.63, 3.8) is 0 Å². The molecule has 0 bridgehead atoms. The highest BCUT2D eigenvalue weighted by Gasteiger charge is 2.24. The Kier molecular flexibility index (Phi) is 6.84. The third kappa shape index (κ3) is 7.98. The van der Waals surface area contributed by atoms with Gasteiger partial charge in [-0.15, -0.1) is 0 Å². The van der Waals surface area contributed by atoms with Crippen molar-refractivity contribution < 1.29 is 29.3 Å². The minimum atomic E-state index is -1.47. The van der Waals surface area contributed by atoms with Crippen molar-refractivity contribution >= 4 is 18.0 Å². The number of nitrogens with one attached hydrogen (secondary N) is 2. The molecule has 0 aromatic rings. The van der Waals surface area contributed by atoms with Gasteiger partial charge in [-0.1, -0.05) is 0 Å². The molecule has 0 spiro atoms. The number of ether oxygens (including phenoxy) is 1. The van der Waals surface area contributed by atoms with Crippen LogP contribution in [0.4, 0.5) is 4.79 Å². The molecule has 0 saturated heterocycles. The van der Waals surface area contributed by atoms with Gasteiger partial charge < -0.3 is 25.6 Å². The number of amides is 2. The molecule has 19 heavy (non-hydrogen) atoms. The molecule has 4 N–H and O–H groups in total. The molecule has 110 valence electrons. The smallest absolute Gasteiger partial charge is 0.326 e. The van der Waals surface area contributed by atoms with Gasteiger partial charge in [0.15, 0.2) is 0 Å². The van der Waals surface area contributed by atoms with E-state index in [-0.39, 0.29) is 6.54 Å². The fourth-order valence-electron chi connectivity index (χ4n) is 1.32. The molecular formula is C11H20N2O6. The molecule has 1 atom stereocenters. The molecule has 8 heteroatoms. The Bertz CT molecular complexity index is 342. The lowest BCUT2D eigenvalue weighted by Crippen LogP contribution is -2.50. The summed E-state index contributed by atoms with van der Waals surface area (Å²) in [7, 11) is 0. The van der Waals surface area contributed by atoms with Gasteiger partial charge in [-0.3, -0.25) is 4.79 Å². The molecule has 0 aromatic carbocycles. The number of rotatable bonds is 8. The Hall–Kier alpha value is -1.83. The molecule has 0 saturated carbocycles. The molecule has 0 aliphatic heterocycles. The summed E-state index contributed by atoms with van der Waals surface area (Å²) in [6, 6.07) is -2.21. The normalized spacial score (nSPS) is 12.6. The molecule has 0 aliphatic rings. The number of hydrogen-bond acceptors (Lipinski definition) is 4. The number of carboxylic acids is 2. The maximum atomic E-state index is 11.5. The molecule has 0 radical (unpaired) electrons. The van der Waals surface area contributed by atoms with Crippen molar-refractivity contribution in [2.45, 2.75) is 38.8 Å². The van der Waals surface area contributed by atoms with Gasteiger partial charge in [0, 0.05) is 13.2 Å². The molecular weight excluding hydrogens is 256 g/mol. The number of aliphatic carboxylic acids is 2. The van der Waals surface area contributed by atoms with Gasteiger partial charge in [-0.05, 0) is 20.8 Å². The summed E-state index contributed by atoms with van der Waals surface area (Å²) in [4.78, 5) is 32.6.